The topological polar surface area (TPSA) is 69.7 Å². The maximum Gasteiger partial charge on any atom is 0.416 e. The van der Waals surface area contributed by atoms with E-state index in [1.165, 1.54) is 12.1 Å². The number of nitrogens with zero attached hydrogens (tertiary/aromatic N) is 1. The number of carbonyl (C=O) groups excluding carboxylic acids is 1. The lowest BCUT2D eigenvalue weighted by Gasteiger charge is -2.22. The van der Waals surface area contributed by atoms with E-state index in [1.54, 1.807) is 19.2 Å². The minimum absolute atomic E-state index is 0.0366. The molecule has 6 nitrogen and oxygen atoms in total. The van der Waals surface area contributed by atoms with Gasteiger partial charge in [-0.05, 0) is 54.4 Å². The lowest BCUT2D eigenvalue weighted by molar-refractivity contribution is -0.137. The molecule has 0 bridgehead atoms. The molecule has 3 heterocycles. The highest BCUT2D eigenvalue weighted by molar-refractivity contribution is 5.98. The van der Waals surface area contributed by atoms with Crippen molar-refractivity contribution >= 4 is 11.6 Å². The first-order valence-corrected chi connectivity index (χ1v) is 9.79. The van der Waals surface area contributed by atoms with Gasteiger partial charge in [0.1, 0.15) is 0 Å². The molecule has 2 aliphatic rings. The van der Waals surface area contributed by atoms with Gasteiger partial charge in [0.05, 0.1) is 5.56 Å². The lowest BCUT2D eigenvalue weighted by atomic mass is 9.93. The molecule has 164 valence electrons. The highest BCUT2D eigenvalue weighted by Gasteiger charge is 2.44. The first-order valence-electron chi connectivity index (χ1n) is 9.79. The predicted molar refractivity (Wildman–Crippen MR) is 109 cm³/mol. The van der Waals surface area contributed by atoms with Gasteiger partial charge in [-0.25, -0.2) is 4.98 Å². The van der Waals surface area contributed by atoms with Gasteiger partial charge in [0.2, 0.25) is 12.7 Å². The highest BCUT2D eigenvalue weighted by atomic mass is 19.4. The zero-order chi connectivity index (χ0) is 22.5. The number of amides is 1. The third kappa shape index (κ3) is 3.49. The van der Waals surface area contributed by atoms with Gasteiger partial charge >= 0.3 is 6.18 Å². The molecule has 1 N–H and O–H groups in total. The van der Waals surface area contributed by atoms with Crippen LogP contribution in [0.1, 0.15) is 18.1 Å². The molecule has 0 saturated heterocycles. The Labute approximate surface area is 180 Å². The fourth-order valence-electron chi connectivity index (χ4n) is 3.82. The average molecular weight is 442 g/mol. The van der Waals surface area contributed by atoms with Gasteiger partial charge in [-0.1, -0.05) is 12.1 Å². The third-order valence-corrected chi connectivity index (χ3v) is 5.46. The van der Waals surface area contributed by atoms with Gasteiger partial charge in [-0.3, -0.25) is 4.79 Å². The van der Waals surface area contributed by atoms with Crippen molar-refractivity contribution in [3.63, 3.8) is 0 Å². The number of halogens is 3. The Balaban J connectivity index is 1.41. The lowest BCUT2D eigenvalue weighted by Crippen LogP contribution is -2.44. The van der Waals surface area contributed by atoms with E-state index >= 15 is 0 Å². The summed E-state index contributed by atoms with van der Waals surface area (Å²) in [5.41, 5.74) is 0.254. The number of anilines is 1. The second-order valence-corrected chi connectivity index (χ2v) is 7.75. The number of rotatable bonds is 3. The van der Waals surface area contributed by atoms with Gasteiger partial charge < -0.3 is 19.5 Å². The van der Waals surface area contributed by atoms with Gasteiger partial charge in [0.25, 0.3) is 5.91 Å². The normalized spacial score (nSPS) is 18.8. The monoisotopic (exact) mass is 442 g/mol. The molecule has 3 aromatic rings. The van der Waals surface area contributed by atoms with Gasteiger partial charge in [0.15, 0.2) is 17.1 Å². The van der Waals surface area contributed by atoms with E-state index in [9.17, 15) is 18.0 Å². The number of nitrogens with one attached hydrogen (secondary N) is 1. The maximum atomic E-state index is 13.0. The Kier molecular flexibility index (Phi) is 4.51. The molecular formula is C23H17F3N2O4. The van der Waals surface area contributed by atoms with Gasteiger partial charge in [0, 0.05) is 23.9 Å². The summed E-state index contributed by atoms with van der Waals surface area (Å²) in [5, 5.41) is 2.54. The van der Waals surface area contributed by atoms with Crippen LogP contribution < -0.4 is 19.5 Å². The van der Waals surface area contributed by atoms with Crippen molar-refractivity contribution in [3.8, 4) is 28.5 Å². The first kappa shape index (κ1) is 20.2. The van der Waals surface area contributed by atoms with Crippen LogP contribution in [0.5, 0.6) is 17.4 Å². The molecular weight excluding hydrogens is 425 g/mol. The van der Waals surface area contributed by atoms with Crippen LogP contribution in [-0.2, 0) is 17.4 Å². The number of hydrogen-bond acceptors (Lipinski definition) is 5. The fourth-order valence-corrected chi connectivity index (χ4v) is 3.82. The van der Waals surface area contributed by atoms with Crippen molar-refractivity contribution in [2.45, 2.75) is 25.1 Å². The zero-order valence-corrected chi connectivity index (χ0v) is 16.8. The van der Waals surface area contributed by atoms with E-state index in [-0.39, 0.29) is 18.9 Å². The Morgan fingerprint density at radius 3 is 2.72 bits per heavy atom. The summed E-state index contributed by atoms with van der Waals surface area (Å²) in [7, 11) is 0. The Morgan fingerprint density at radius 1 is 1.09 bits per heavy atom. The Bertz CT molecular complexity index is 1230. The summed E-state index contributed by atoms with van der Waals surface area (Å²) in [6.45, 7) is 1.74. The second kappa shape index (κ2) is 7.15. The minimum Gasteiger partial charge on any atom is -0.461 e. The van der Waals surface area contributed by atoms with Crippen LogP contribution in [0.4, 0.5) is 18.9 Å². The summed E-state index contributed by atoms with van der Waals surface area (Å²) in [4.78, 5) is 17.2. The molecule has 0 radical (unpaired) electrons. The fraction of sp³-hybridized carbons (Fsp3) is 0.217. The van der Waals surface area contributed by atoms with E-state index in [1.807, 2.05) is 18.2 Å². The van der Waals surface area contributed by atoms with E-state index in [0.29, 0.717) is 17.4 Å². The summed E-state index contributed by atoms with van der Waals surface area (Å²) in [6, 6.07) is 11.8. The number of ether oxygens (including phenoxy) is 3. The Hall–Kier alpha value is -3.75. The average Bonchev–Trinajstić information content (AvgIpc) is 3.36. The first-order chi connectivity index (χ1) is 15.2. The van der Waals surface area contributed by atoms with Crippen LogP contribution in [0, 0.1) is 0 Å². The standard InChI is InChI=1S/C23H17F3N2O4/c1-22(21(29)28-15-4-2-3-14(10-15)23(24,25)26)11-17-16(7-8-27-20(17)32-22)13-5-6-18-19(9-13)31-12-30-18/h2-10H,11-12H2,1H3,(H,28,29). The van der Waals surface area contributed by atoms with E-state index in [0.717, 1.165) is 28.8 Å². The van der Waals surface area contributed by atoms with Crippen LogP contribution in [0.2, 0.25) is 0 Å². The number of fused-ring (bicyclic) bond motifs is 2. The third-order valence-electron chi connectivity index (χ3n) is 5.46. The van der Waals surface area contributed by atoms with Gasteiger partial charge in [-0.15, -0.1) is 0 Å². The van der Waals surface area contributed by atoms with Crippen molar-refractivity contribution in [3.05, 3.63) is 65.9 Å². The van der Waals surface area contributed by atoms with Crippen LogP contribution in [0.15, 0.2) is 54.7 Å². The van der Waals surface area contributed by atoms with Crippen molar-refractivity contribution in [1.29, 1.82) is 0 Å². The molecule has 9 heteroatoms. The van der Waals surface area contributed by atoms with Crippen molar-refractivity contribution in [2.75, 3.05) is 12.1 Å². The van der Waals surface area contributed by atoms with E-state index < -0.39 is 23.2 Å². The summed E-state index contributed by atoms with van der Waals surface area (Å²) < 4.78 is 55.6. The maximum absolute atomic E-state index is 13.0. The Morgan fingerprint density at radius 2 is 1.91 bits per heavy atom. The second-order valence-electron chi connectivity index (χ2n) is 7.75. The molecule has 5 rings (SSSR count). The van der Waals surface area contributed by atoms with Crippen LogP contribution >= 0.6 is 0 Å². The molecule has 1 atom stereocenters. The molecule has 1 aromatic heterocycles. The van der Waals surface area contributed by atoms with Gasteiger partial charge in [-0.2, -0.15) is 13.2 Å². The summed E-state index contributed by atoms with van der Waals surface area (Å²) >= 11 is 0. The highest BCUT2D eigenvalue weighted by Crippen LogP contribution is 2.42. The summed E-state index contributed by atoms with van der Waals surface area (Å²) in [5.74, 6) is 1.02. The molecule has 0 spiro atoms. The number of aromatic nitrogens is 1. The largest absolute Gasteiger partial charge is 0.461 e. The molecule has 32 heavy (non-hydrogen) atoms. The smallest absolute Gasteiger partial charge is 0.416 e. The number of pyridine rings is 1. The zero-order valence-electron chi connectivity index (χ0n) is 16.8. The predicted octanol–water partition coefficient (Wildman–Crippen LogP) is 4.83. The number of benzene rings is 2. The molecule has 2 aliphatic heterocycles. The van der Waals surface area contributed by atoms with Crippen molar-refractivity contribution in [1.82, 2.24) is 4.98 Å². The SMILES string of the molecule is CC1(C(=O)Nc2cccc(C(F)(F)F)c2)Cc2c(-c3ccc4c(c3)OCO4)ccnc2O1. The molecule has 0 aliphatic carbocycles. The van der Waals surface area contributed by atoms with E-state index in [4.69, 9.17) is 14.2 Å². The van der Waals surface area contributed by atoms with Crippen LogP contribution in [0.3, 0.4) is 0 Å². The molecule has 1 unspecified atom stereocenters. The molecule has 0 fully saturated rings. The van der Waals surface area contributed by atoms with E-state index in [2.05, 4.69) is 10.3 Å². The molecule has 1 amide bonds. The summed E-state index contributed by atoms with van der Waals surface area (Å²) in [6.07, 6.45) is -2.73. The number of hydrogen-bond donors (Lipinski definition) is 1. The number of carbonyl (C=O) groups is 1. The van der Waals surface area contributed by atoms with Crippen LogP contribution in [-0.4, -0.2) is 23.3 Å². The molecule has 2 aromatic carbocycles. The van der Waals surface area contributed by atoms with Crippen LogP contribution in [0.25, 0.3) is 11.1 Å². The number of alkyl halides is 3. The quantitative estimate of drug-likeness (QED) is 0.629. The van der Waals surface area contributed by atoms with Crippen molar-refractivity contribution in [2.24, 2.45) is 0 Å². The minimum atomic E-state index is -4.51. The molecule has 0 saturated carbocycles. The van der Waals surface area contributed by atoms with Crippen molar-refractivity contribution < 1.29 is 32.2 Å².